The number of ether oxygens (including phenoxy) is 1. The summed E-state index contributed by atoms with van der Waals surface area (Å²) in [4.78, 5) is 37.5. The lowest BCUT2D eigenvalue weighted by atomic mass is 9.98. The van der Waals surface area contributed by atoms with Crippen LogP contribution in [0.3, 0.4) is 0 Å². The molecule has 2 amide bonds. The first-order valence-electron chi connectivity index (χ1n) is 11.5. The molecule has 7 heteroatoms. The van der Waals surface area contributed by atoms with Crippen molar-refractivity contribution in [2.75, 3.05) is 13.2 Å². The molecule has 2 N–H and O–H groups in total. The lowest BCUT2D eigenvalue weighted by Gasteiger charge is -2.26. The number of carbonyl (C=O) groups excluding carboxylic acids is 2. The van der Waals surface area contributed by atoms with Gasteiger partial charge in [0.25, 0.3) is 0 Å². The van der Waals surface area contributed by atoms with Gasteiger partial charge in [-0.2, -0.15) is 0 Å². The third-order valence-corrected chi connectivity index (χ3v) is 6.35. The Kier molecular flexibility index (Phi) is 8.09. The van der Waals surface area contributed by atoms with E-state index in [1.165, 1.54) is 23.0 Å². The average molecular weight is 453 g/mol. The van der Waals surface area contributed by atoms with Crippen molar-refractivity contribution >= 4 is 18.0 Å². The standard InChI is InChI=1S/C26H32N2O5/c1-4-18(14-15-24(29)28(5-2)17(3)25(30)31)27-26(32)33-16-23-21-12-8-6-10-19(21)20-11-7-9-13-22(20)23/h6-13,17-18,23H,4-5,14-16H2,1-3H3,(H,27,32)(H,30,31). The van der Waals surface area contributed by atoms with E-state index in [2.05, 4.69) is 29.6 Å². The summed E-state index contributed by atoms with van der Waals surface area (Å²) in [5, 5.41) is 12.0. The van der Waals surface area contributed by atoms with Gasteiger partial charge in [-0.15, -0.1) is 0 Å². The van der Waals surface area contributed by atoms with Crippen LogP contribution >= 0.6 is 0 Å². The molecule has 2 atom stereocenters. The summed E-state index contributed by atoms with van der Waals surface area (Å²) in [5.74, 6) is -1.28. The predicted molar refractivity (Wildman–Crippen MR) is 126 cm³/mol. The van der Waals surface area contributed by atoms with Gasteiger partial charge in [0.1, 0.15) is 12.6 Å². The molecule has 1 aliphatic rings. The molecule has 0 aliphatic heterocycles. The Morgan fingerprint density at radius 1 is 1.03 bits per heavy atom. The fourth-order valence-corrected chi connectivity index (χ4v) is 4.43. The molecule has 0 aromatic heterocycles. The Bertz CT molecular complexity index is 960. The van der Waals surface area contributed by atoms with Crippen LogP contribution in [0.15, 0.2) is 48.5 Å². The first-order valence-corrected chi connectivity index (χ1v) is 11.5. The number of benzene rings is 2. The maximum Gasteiger partial charge on any atom is 0.407 e. The number of fused-ring (bicyclic) bond motifs is 3. The zero-order valence-corrected chi connectivity index (χ0v) is 19.4. The average Bonchev–Trinajstić information content (AvgIpc) is 3.14. The lowest BCUT2D eigenvalue weighted by Crippen LogP contribution is -2.44. The number of aliphatic carboxylic acids is 1. The van der Waals surface area contributed by atoms with Gasteiger partial charge in [0, 0.05) is 24.9 Å². The van der Waals surface area contributed by atoms with Crippen molar-refractivity contribution in [3.8, 4) is 11.1 Å². The number of hydrogen-bond donors (Lipinski definition) is 2. The molecule has 7 nitrogen and oxygen atoms in total. The van der Waals surface area contributed by atoms with Crippen LogP contribution in [0.1, 0.15) is 57.1 Å². The van der Waals surface area contributed by atoms with Gasteiger partial charge in [0.05, 0.1) is 0 Å². The molecule has 2 unspecified atom stereocenters. The van der Waals surface area contributed by atoms with Crippen LogP contribution < -0.4 is 5.32 Å². The molecule has 0 bridgehead atoms. The highest BCUT2D eigenvalue weighted by Gasteiger charge is 2.29. The number of alkyl carbamates (subject to hydrolysis) is 1. The van der Waals surface area contributed by atoms with E-state index in [0.717, 1.165) is 11.1 Å². The number of nitrogens with one attached hydrogen (secondary N) is 1. The van der Waals surface area contributed by atoms with E-state index >= 15 is 0 Å². The van der Waals surface area contributed by atoms with Crippen LogP contribution in [-0.2, 0) is 14.3 Å². The fourth-order valence-electron chi connectivity index (χ4n) is 4.43. The van der Waals surface area contributed by atoms with Gasteiger partial charge in [0.15, 0.2) is 0 Å². The second kappa shape index (κ2) is 11.0. The van der Waals surface area contributed by atoms with Crippen molar-refractivity contribution in [3.05, 3.63) is 59.7 Å². The van der Waals surface area contributed by atoms with E-state index in [1.54, 1.807) is 6.92 Å². The quantitative estimate of drug-likeness (QED) is 0.557. The molecule has 0 fully saturated rings. The third-order valence-electron chi connectivity index (χ3n) is 6.35. The van der Waals surface area contributed by atoms with Gasteiger partial charge < -0.3 is 20.1 Å². The van der Waals surface area contributed by atoms with Crippen molar-refractivity contribution in [3.63, 3.8) is 0 Å². The summed E-state index contributed by atoms with van der Waals surface area (Å²) in [7, 11) is 0. The van der Waals surface area contributed by atoms with Crippen molar-refractivity contribution in [1.29, 1.82) is 0 Å². The summed E-state index contributed by atoms with van der Waals surface area (Å²) >= 11 is 0. The Morgan fingerprint density at radius 3 is 2.12 bits per heavy atom. The molecule has 3 rings (SSSR count). The van der Waals surface area contributed by atoms with Gasteiger partial charge in [-0.25, -0.2) is 9.59 Å². The maximum atomic E-state index is 12.5. The van der Waals surface area contributed by atoms with E-state index in [-0.39, 0.29) is 30.9 Å². The van der Waals surface area contributed by atoms with Crippen LogP contribution in [0.5, 0.6) is 0 Å². The Hall–Kier alpha value is -3.35. The number of carboxylic acid groups (broad SMARTS) is 1. The van der Waals surface area contributed by atoms with Gasteiger partial charge in [-0.3, -0.25) is 4.79 Å². The number of amides is 2. The smallest absolute Gasteiger partial charge is 0.407 e. The molecule has 0 saturated carbocycles. The molecule has 0 radical (unpaired) electrons. The Morgan fingerprint density at radius 2 is 1.61 bits per heavy atom. The number of likely N-dealkylation sites (N-methyl/N-ethyl adjacent to an activating group) is 1. The van der Waals surface area contributed by atoms with Crippen molar-refractivity contribution in [2.45, 2.75) is 58.0 Å². The lowest BCUT2D eigenvalue weighted by molar-refractivity contribution is -0.149. The first-order chi connectivity index (χ1) is 15.9. The van der Waals surface area contributed by atoms with E-state index in [0.29, 0.717) is 19.4 Å². The highest BCUT2D eigenvalue weighted by molar-refractivity contribution is 5.83. The molecule has 0 heterocycles. The summed E-state index contributed by atoms with van der Waals surface area (Å²) in [6.45, 7) is 5.73. The van der Waals surface area contributed by atoms with Crippen LogP contribution in [0.2, 0.25) is 0 Å². The topological polar surface area (TPSA) is 95.9 Å². The minimum atomic E-state index is -1.03. The first kappa shape index (κ1) is 24.3. The van der Waals surface area contributed by atoms with E-state index < -0.39 is 18.1 Å². The number of rotatable bonds is 10. The van der Waals surface area contributed by atoms with Crippen molar-refractivity contribution in [2.24, 2.45) is 0 Å². The number of carboxylic acids is 1. The number of nitrogens with zero attached hydrogens (tertiary/aromatic N) is 1. The molecule has 0 spiro atoms. The van der Waals surface area contributed by atoms with Crippen LogP contribution in [0, 0.1) is 0 Å². The normalized spacial score (nSPS) is 14.0. The minimum Gasteiger partial charge on any atom is -0.480 e. The molecule has 2 aromatic rings. The molecule has 176 valence electrons. The molecular formula is C26H32N2O5. The van der Waals surface area contributed by atoms with E-state index in [4.69, 9.17) is 4.74 Å². The van der Waals surface area contributed by atoms with Crippen LogP contribution in [0.25, 0.3) is 11.1 Å². The van der Waals surface area contributed by atoms with Crippen molar-refractivity contribution in [1.82, 2.24) is 10.2 Å². The third kappa shape index (κ3) is 5.53. The maximum absolute atomic E-state index is 12.5. The SMILES string of the molecule is CCC(CCC(=O)N(CC)C(C)C(=O)O)NC(=O)OCC1c2ccccc2-c2ccccc21. The predicted octanol–water partition coefficient (Wildman–Crippen LogP) is 4.41. The van der Waals surface area contributed by atoms with Crippen LogP contribution in [-0.4, -0.2) is 53.2 Å². The van der Waals surface area contributed by atoms with E-state index in [1.807, 2.05) is 31.2 Å². The second-order valence-electron chi connectivity index (χ2n) is 8.31. The minimum absolute atomic E-state index is 0.0135. The molecule has 1 aliphatic carbocycles. The summed E-state index contributed by atoms with van der Waals surface area (Å²) < 4.78 is 5.59. The Balaban J connectivity index is 1.55. The monoisotopic (exact) mass is 452 g/mol. The second-order valence-corrected chi connectivity index (χ2v) is 8.31. The number of hydrogen-bond acceptors (Lipinski definition) is 4. The molecule has 33 heavy (non-hydrogen) atoms. The summed E-state index contributed by atoms with van der Waals surface area (Å²) in [6.07, 6.45) is 0.705. The largest absolute Gasteiger partial charge is 0.480 e. The zero-order chi connectivity index (χ0) is 24.0. The van der Waals surface area contributed by atoms with Gasteiger partial charge >= 0.3 is 12.1 Å². The summed E-state index contributed by atoms with van der Waals surface area (Å²) in [6, 6.07) is 15.2. The fraction of sp³-hybridized carbons (Fsp3) is 0.423. The van der Waals surface area contributed by atoms with Gasteiger partial charge in [0.2, 0.25) is 5.91 Å². The van der Waals surface area contributed by atoms with E-state index in [9.17, 15) is 19.5 Å². The highest BCUT2D eigenvalue weighted by atomic mass is 16.5. The van der Waals surface area contributed by atoms with Gasteiger partial charge in [-0.1, -0.05) is 55.5 Å². The van der Waals surface area contributed by atoms with Crippen LogP contribution in [0.4, 0.5) is 4.79 Å². The molecular weight excluding hydrogens is 420 g/mol. The van der Waals surface area contributed by atoms with Crippen molar-refractivity contribution < 1.29 is 24.2 Å². The molecule has 0 saturated heterocycles. The zero-order valence-electron chi connectivity index (χ0n) is 19.4. The van der Waals surface area contributed by atoms with Gasteiger partial charge in [-0.05, 0) is 48.9 Å². The molecule has 2 aromatic carbocycles. The number of carbonyl (C=O) groups is 3. The highest BCUT2D eigenvalue weighted by Crippen LogP contribution is 2.44. The Labute approximate surface area is 194 Å². The summed E-state index contributed by atoms with van der Waals surface area (Å²) in [5.41, 5.74) is 4.64.